The zero-order chi connectivity index (χ0) is 18.8. The molecule has 0 saturated heterocycles. The molecule has 0 aromatic heterocycles. The second kappa shape index (κ2) is 6.99. The summed E-state index contributed by atoms with van der Waals surface area (Å²) >= 11 is 0. The standard InChI is InChI=1S/C18H16F2N2O4/c1-9-8-10(2-4-12(9)19)21-17(23)11-3-5-13(20)15-14(22-18(24)25)6-7-26-16(11)15/h2-5,8,14,22H,6-7H2,1H3,(H,21,23)(H,24,25). The molecule has 2 aromatic carbocycles. The van der Waals surface area contributed by atoms with Crippen molar-refractivity contribution in [2.75, 3.05) is 11.9 Å². The number of carboxylic acid groups (broad SMARTS) is 1. The summed E-state index contributed by atoms with van der Waals surface area (Å²) in [4.78, 5) is 23.5. The van der Waals surface area contributed by atoms with Crippen molar-refractivity contribution in [3.05, 3.63) is 58.7 Å². The van der Waals surface area contributed by atoms with E-state index < -0.39 is 29.7 Å². The third-order valence-electron chi connectivity index (χ3n) is 4.10. The van der Waals surface area contributed by atoms with Crippen LogP contribution in [0.1, 0.15) is 33.9 Å². The molecule has 1 atom stereocenters. The Morgan fingerprint density at radius 1 is 1.19 bits per heavy atom. The maximum atomic E-state index is 14.3. The molecule has 0 spiro atoms. The quantitative estimate of drug-likeness (QED) is 0.778. The van der Waals surface area contributed by atoms with E-state index in [-0.39, 0.29) is 29.9 Å². The van der Waals surface area contributed by atoms with E-state index in [0.29, 0.717) is 11.3 Å². The molecular formula is C18H16F2N2O4. The number of rotatable bonds is 3. The summed E-state index contributed by atoms with van der Waals surface area (Å²) in [6, 6.07) is 5.66. The van der Waals surface area contributed by atoms with E-state index in [1.807, 2.05) is 0 Å². The van der Waals surface area contributed by atoms with E-state index in [2.05, 4.69) is 10.6 Å². The Kier molecular flexibility index (Phi) is 4.75. The topological polar surface area (TPSA) is 87.7 Å². The molecule has 0 bridgehead atoms. The summed E-state index contributed by atoms with van der Waals surface area (Å²) in [6.45, 7) is 1.70. The van der Waals surface area contributed by atoms with Gasteiger partial charge in [-0.15, -0.1) is 0 Å². The minimum absolute atomic E-state index is 0.00147. The van der Waals surface area contributed by atoms with Gasteiger partial charge >= 0.3 is 6.09 Å². The fraction of sp³-hybridized carbons (Fsp3) is 0.222. The summed E-state index contributed by atoms with van der Waals surface area (Å²) < 4.78 is 33.1. The van der Waals surface area contributed by atoms with Crippen molar-refractivity contribution >= 4 is 17.7 Å². The molecular weight excluding hydrogens is 346 g/mol. The summed E-state index contributed by atoms with van der Waals surface area (Å²) in [7, 11) is 0. The average molecular weight is 362 g/mol. The van der Waals surface area contributed by atoms with Gasteiger partial charge in [-0.3, -0.25) is 4.79 Å². The summed E-state index contributed by atoms with van der Waals surface area (Å²) in [5.74, 6) is -1.62. The molecule has 0 aliphatic carbocycles. The van der Waals surface area contributed by atoms with Crippen molar-refractivity contribution < 1.29 is 28.2 Å². The first kappa shape index (κ1) is 17.7. The zero-order valence-electron chi connectivity index (χ0n) is 13.8. The van der Waals surface area contributed by atoms with Gasteiger partial charge in [-0.2, -0.15) is 0 Å². The van der Waals surface area contributed by atoms with Crippen molar-refractivity contribution in [3.63, 3.8) is 0 Å². The first-order valence-electron chi connectivity index (χ1n) is 7.89. The number of hydrogen-bond donors (Lipinski definition) is 3. The van der Waals surface area contributed by atoms with Gasteiger partial charge in [-0.1, -0.05) is 0 Å². The molecule has 1 unspecified atom stereocenters. The molecule has 136 valence electrons. The first-order chi connectivity index (χ1) is 12.4. The van der Waals surface area contributed by atoms with Crippen LogP contribution in [0.2, 0.25) is 0 Å². The molecule has 2 amide bonds. The van der Waals surface area contributed by atoms with E-state index in [0.717, 1.165) is 6.07 Å². The van der Waals surface area contributed by atoms with E-state index in [1.54, 1.807) is 6.92 Å². The molecule has 26 heavy (non-hydrogen) atoms. The molecule has 1 aliphatic heterocycles. The second-order valence-electron chi connectivity index (χ2n) is 5.90. The van der Waals surface area contributed by atoms with Crippen molar-refractivity contribution in [1.82, 2.24) is 5.32 Å². The van der Waals surface area contributed by atoms with Gasteiger partial charge in [0.1, 0.15) is 17.4 Å². The van der Waals surface area contributed by atoms with E-state index in [4.69, 9.17) is 9.84 Å². The van der Waals surface area contributed by atoms with Crippen LogP contribution in [0.25, 0.3) is 0 Å². The minimum Gasteiger partial charge on any atom is -0.492 e. The lowest BCUT2D eigenvalue weighted by Crippen LogP contribution is -2.32. The van der Waals surface area contributed by atoms with Gasteiger partial charge in [0.25, 0.3) is 5.91 Å². The lowest BCUT2D eigenvalue weighted by molar-refractivity contribution is 0.102. The van der Waals surface area contributed by atoms with Crippen LogP contribution in [0.3, 0.4) is 0 Å². The maximum Gasteiger partial charge on any atom is 0.405 e. The van der Waals surface area contributed by atoms with Crippen LogP contribution in [0, 0.1) is 18.6 Å². The molecule has 1 aliphatic rings. The highest BCUT2D eigenvalue weighted by molar-refractivity contribution is 6.06. The number of benzene rings is 2. The highest BCUT2D eigenvalue weighted by Gasteiger charge is 2.30. The van der Waals surface area contributed by atoms with Gasteiger partial charge in [0.05, 0.1) is 23.8 Å². The van der Waals surface area contributed by atoms with Crippen molar-refractivity contribution in [2.45, 2.75) is 19.4 Å². The number of aryl methyl sites for hydroxylation is 1. The van der Waals surface area contributed by atoms with E-state index in [9.17, 15) is 18.4 Å². The minimum atomic E-state index is -1.29. The molecule has 3 N–H and O–H groups in total. The number of carbonyl (C=O) groups excluding carboxylic acids is 1. The Morgan fingerprint density at radius 3 is 2.62 bits per heavy atom. The molecule has 0 fully saturated rings. The van der Waals surface area contributed by atoms with Gasteiger partial charge in [0, 0.05) is 12.1 Å². The lowest BCUT2D eigenvalue weighted by Gasteiger charge is -2.27. The Labute approximate surface area is 147 Å². The number of amides is 2. The average Bonchev–Trinajstić information content (AvgIpc) is 2.58. The number of carbonyl (C=O) groups is 2. The SMILES string of the molecule is Cc1cc(NC(=O)c2ccc(F)c3c2OCCC3NC(=O)O)ccc1F. The van der Waals surface area contributed by atoms with Crippen LogP contribution >= 0.6 is 0 Å². The summed E-state index contributed by atoms with van der Waals surface area (Å²) in [5.41, 5.74) is 0.816. The third-order valence-corrected chi connectivity index (χ3v) is 4.10. The normalized spacial score (nSPS) is 15.6. The Balaban J connectivity index is 1.94. The van der Waals surface area contributed by atoms with Crippen LogP contribution in [0.5, 0.6) is 5.75 Å². The highest BCUT2D eigenvalue weighted by atomic mass is 19.1. The van der Waals surface area contributed by atoms with Gasteiger partial charge in [-0.05, 0) is 42.8 Å². The molecule has 1 heterocycles. The van der Waals surface area contributed by atoms with Gasteiger partial charge in [-0.25, -0.2) is 13.6 Å². The van der Waals surface area contributed by atoms with Crippen LogP contribution in [-0.4, -0.2) is 23.7 Å². The van der Waals surface area contributed by atoms with Crippen molar-refractivity contribution in [3.8, 4) is 5.75 Å². The van der Waals surface area contributed by atoms with Crippen LogP contribution in [0.15, 0.2) is 30.3 Å². The molecule has 0 radical (unpaired) electrons. The smallest absolute Gasteiger partial charge is 0.405 e. The summed E-state index contributed by atoms with van der Waals surface area (Å²) in [6.07, 6.45) is -1.04. The zero-order valence-corrected chi connectivity index (χ0v) is 13.8. The maximum absolute atomic E-state index is 14.3. The fourth-order valence-electron chi connectivity index (χ4n) is 2.87. The predicted octanol–water partition coefficient (Wildman–Crippen LogP) is 3.62. The first-order valence-corrected chi connectivity index (χ1v) is 7.89. The number of anilines is 1. The van der Waals surface area contributed by atoms with Gasteiger partial charge < -0.3 is 20.5 Å². The van der Waals surface area contributed by atoms with Crippen molar-refractivity contribution in [1.29, 1.82) is 0 Å². The molecule has 3 rings (SSSR count). The largest absolute Gasteiger partial charge is 0.492 e. The fourth-order valence-corrected chi connectivity index (χ4v) is 2.87. The van der Waals surface area contributed by atoms with Crippen LogP contribution < -0.4 is 15.4 Å². The monoisotopic (exact) mass is 362 g/mol. The molecule has 2 aromatic rings. The molecule has 8 heteroatoms. The highest BCUT2D eigenvalue weighted by Crippen LogP contribution is 2.37. The number of fused-ring (bicyclic) bond motifs is 1. The Morgan fingerprint density at radius 2 is 1.92 bits per heavy atom. The number of ether oxygens (including phenoxy) is 1. The lowest BCUT2D eigenvalue weighted by atomic mass is 9.96. The molecule has 0 saturated carbocycles. The molecule has 6 nitrogen and oxygen atoms in total. The predicted molar refractivity (Wildman–Crippen MR) is 89.5 cm³/mol. The van der Waals surface area contributed by atoms with Crippen LogP contribution in [0.4, 0.5) is 19.3 Å². The van der Waals surface area contributed by atoms with Gasteiger partial charge in [0.2, 0.25) is 0 Å². The number of hydrogen-bond acceptors (Lipinski definition) is 3. The number of halogens is 2. The Bertz CT molecular complexity index is 886. The van der Waals surface area contributed by atoms with Crippen LogP contribution in [-0.2, 0) is 0 Å². The second-order valence-corrected chi connectivity index (χ2v) is 5.90. The third kappa shape index (κ3) is 3.44. The van der Waals surface area contributed by atoms with E-state index >= 15 is 0 Å². The van der Waals surface area contributed by atoms with Crippen molar-refractivity contribution in [2.24, 2.45) is 0 Å². The Hall–Kier alpha value is -3.16. The van der Waals surface area contributed by atoms with E-state index in [1.165, 1.54) is 24.3 Å². The van der Waals surface area contributed by atoms with Gasteiger partial charge in [0.15, 0.2) is 0 Å². The number of nitrogens with one attached hydrogen (secondary N) is 2. The summed E-state index contributed by atoms with van der Waals surface area (Å²) in [5, 5.41) is 13.8.